The van der Waals surface area contributed by atoms with Crippen molar-refractivity contribution in [2.45, 2.75) is 0 Å². The molecule has 17 heavy (non-hydrogen) atoms. The summed E-state index contributed by atoms with van der Waals surface area (Å²) < 4.78 is 6.05. The Morgan fingerprint density at radius 1 is 1.18 bits per heavy atom. The van der Waals surface area contributed by atoms with E-state index in [9.17, 15) is 0 Å². The summed E-state index contributed by atoms with van der Waals surface area (Å²) in [4.78, 5) is 4.31. The van der Waals surface area contributed by atoms with Gasteiger partial charge in [-0.1, -0.05) is 28.1 Å². The van der Waals surface area contributed by atoms with Crippen molar-refractivity contribution >= 4 is 27.3 Å². The molecule has 0 spiro atoms. The second kappa shape index (κ2) is 4.63. The second-order valence-electron chi connectivity index (χ2n) is 3.54. The maximum Gasteiger partial charge on any atom is 0.237 e. The van der Waals surface area contributed by atoms with Gasteiger partial charge in [-0.3, -0.25) is 0 Å². The molecule has 5 heteroatoms. The summed E-state index contributed by atoms with van der Waals surface area (Å²) in [6, 6.07) is 9.38. The van der Waals surface area contributed by atoms with Crippen molar-refractivity contribution in [2.24, 2.45) is 0 Å². The van der Waals surface area contributed by atoms with Gasteiger partial charge in [0.1, 0.15) is 0 Å². The first-order valence-corrected chi connectivity index (χ1v) is 5.77. The Balaban J connectivity index is 2.59. The van der Waals surface area contributed by atoms with Gasteiger partial charge in [0.05, 0.1) is 24.2 Å². The largest absolute Gasteiger partial charge is 0.480 e. The molecule has 0 bridgehead atoms. The van der Waals surface area contributed by atoms with Gasteiger partial charge < -0.3 is 16.2 Å². The van der Waals surface area contributed by atoms with E-state index in [2.05, 4.69) is 20.9 Å². The normalized spacial score (nSPS) is 10.2. The fourth-order valence-electron chi connectivity index (χ4n) is 1.56. The minimum atomic E-state index is 0.383. The standard InChI is InChI=1S/C12H12BrN3O/c1-17-12-10(15)6-9(14)11(16-12)7-3-2-4-8(13)5-7/h2-6H,14-15H2,1H3. The molecule has 0 aliphatic carbocycles. The van der Waals surface area contributed by atoms with E-state index >= 15 is 0 Å². The van der Waals surface area contributed by atoms with Crippen LogP contribution in [0.1, 0.15) is 0 Å². The summed E-state index contributed by atoms with van der Waals surface area (Å²) in [6.07, 6.45) is 0. The van der Waals surface area contributed by atoms with Crippen molar-refractivity contribution in [3.8, 4) is 17.1 Å². The first-order valence-electron chi connectivity index (χ1n) is 4.97. The highest BCUT2D eigenvalue weighted by atomic mass is 79.9. The molecule has 4 nitrogen and oxygen atoms in total. The number of rotatable bonds is 2. The number of methoxy groups -OCH3 is 1. The Morgan fingerprint density at radius 2 is 1.94 bits per heavy atom. The summed E-state index contributed by atoms with van der Waals surface area (Å²) >= 11 is 3.41. The van der Waals surface area contributed by atoms with Crippen molar-refractivity contribution in [3.05, 3.63) is 34.8 Å². The van der Waals surface area contributed by atoms with E-state index in [4.69, 9.17) is 16.2 Å². The fraction of sp³-hybridized carbons (Fsp3) is 0.0833. The third-order valence-electron chi connectivity index (χ3n) is 2.34. The molecule has 0 atom stereocenters. The average Bonchev–Trinajstić information content (AvgIpc) is 2.29. The molecule has 2 rings (SSSR count). The molecule has 88 valence electrons. The Kier molecular flexibility index (Phi) is 3.19. The molecule has 4 N–H and O–H groups in total. The molecule has 0 aliphatic rings. The SMILES string of the molecule is COc1nc(-c2cccc(Br)c2)c(N)cc1N. The van der Waals surface area contributed by atoms with Crippen molar-refractivity contribution < 1.29 is 4.74 Å². The zero-order valence-electron chi connectivity index (χ0n) is 9.27. The summed E-state index contributed by atoms with van der Waals surface area (Å²) in [5.74, 6) is 0.383. The first kappa shape index (κ1) is 11.7. The molecule has 0 radical (unpaired) electrons. The van der Waals surface area contributed by atoms with Crippen LogP contribution in [0.4, 0.5) is 11.4 Å². The Labute approximate surface area is 108 Å². The maximum atomic E-state index is 5.91. The number of halogens is 1. The van der Waals surface area contributed by atoms with E-state index in [1.54, 1.807) is 6.07 Å². The Hall–Kier alpha value is -1.75. The summed E-state index contributed by atoms with van der Waals surface area (Å²) in [5.41, 5.74) is 14.2. The number of hydrogen-bond donors (Lipinski definition) is 2. The highest BCUT2D eigenvalue weighted by Crippen LogP contribution is 2.31. The molecule has 0 saturated heterocycles. The van der Waals surface area contributed by atoms with Gasteiger partial charge in [0.15, 0.2) is 0 Å². The summed E-state index contributed by atoms with van der Waals surface area (Å²) in [7, 11) is 1.53. The number of hydrogen-bond acceptors (Lipinski definition) is 4. The first-order chi connectivity index (χ1) is 8.11. The predicted molar refractivity (Wildman–Crippen MR) is 72.7 cm³/mol. The molecule has 0 unspecified atom stereocenters. The quantitative estimate of drug-likeness (QED) is 0.893. The number of nitrogens with zero attached hydrogens (tertiary/aromatic N) is 1. The minimum absolute atomic E-state index is 0.383. The number of nitrogen functional groups attached to an aromatic ring is 2. The fourth-order valence-corrected chi connectivity index (χ4v) is 1.96. The van der Waals surface area contributed by atoms with Gasteiger partial charge in [-0.25, -0.2) is 4.98 Å². The van der Waals surface area contributed by atoms with E-state index in [1.807, 2.05) is 24.3 Å². The van der Waals surface area contributed by atoms with E-state index in [-0.39, 0.29) is 0 Å². The minimum Gasteiger partial charge on any atom is -0.480 e. The van der Waals surface area contributed by atoms with Crippen LogP contribution in [0.3, 0.4) is 0 Å². The number of aromatic nitrogens is 1. The van der Waals surface area contributed by atoms with Crippen LogP contribution >= 0.6 is 15.9 Å². The number of benzene rings is 1. The molecule has 0 fully saturated rings. The van der Waals surface area contributed by atoms with Gasteiger partial charge in [0.25, 0.3) is 0 Å². The molecule has 0 amide bonds. The van der Waals surface area contributed by atoms with Crippen molar-refractivity contribution in [3.63, 3.8) is 0 Å². The van der Waals surface area contributed by atoms with Crippen molar-refractivity contribution in [1.29, 1.82) is 0 Å². The molecule has 2 aromatic rings. The number of pyridine rings is 1. The van der Waals surface area contributed by atoms with Crippen LogP contribution in [0.2, 0.25) is 0 Å². The predicted octanol–water partition coefficient (Wildman–Crippen LogP) is 2.68. The third kappa shape index (κ3) is 2.34. The van der Waals surface area contributed by atoms with Crippen LogP contribution in [0.5, 0.6) is 5.88 Å². The lowest BCUT2D eigenvalue weighted by Crippen LogP contribution is -2.01. The topological polar surface area (TPSA) is 74.2 Å². The van der Waals surface area contributed by atoms with Gasteiger partial charge in [0, 0.05) is 10.0 Å². The van der Waals surface area contributed by atoms with Crippen LogP contribution in [0, 0.1) is 0 Å². The molecule has 1 aromatic carbocycles. The maximum absolute atomic E-state index is 5.91. The summed E-state index contributed by atoms with van der Waals surface area (Å²) in [6.45, 7) is 0. The highest BCUT2D eigenvalue weighted by molar-refractivity contribution is 9.10. The molecule has 1 aromatic heterocycles. The highest BCUT2D eigenvalue weighted by Gasteiger charge is 2.10. The second-order valence-corrected chi connectivity index (χ2v) is 4.45. The molecular formula is C12H12BrN3O. The van der Waals surface area contributed by atoms with Crippen LogP contribution in [-0.4, -0.2) is 12.1 Å². The van der Waals surface area contributed by atoms with E-state index < -0.39 is 0 Å². The van der Waals surface area contributed by atoms with Crippen molar-refractivity contribution in [1.82, 2.24) is 4.98 Å². The van der Waals surface area contributed by atoms with Crippen LogP contribution < -0.4 is 16.2 Å². The smallest absolute Gasteiger partial charge is 0.237 e. The third-order valence-corrected chi connectivity index (χ3v) is 2.83. The lowest BCUT2D eigenvalue weighted by atomic mass is 10.1. The monoisotopic (exact) mass is 293 g/mol. The van der Waals surface area contributed by atoms with Crippen LogP contribution in [-0.2, 0) is 0 Å². The Morgan fingerprint density at radius 3 is 2.59 bits per heavy atom. The van der Waals surface area contributed by atoms with E-state index in [1.165, 1.54) is 7.11 Å². The van der Waals surface area contributed by atoms with Crippen LogP contribution in [0.15, 0.2) is 34.8 Å². The van der Waals surface area contributed by atoms with Crippen molar-refractivity contribution in [2.75, 3.05) is 18.6 Å². The Bertz CT molecular complexity index is 557. The van der Waals surface area contributed by atoms with E-state index in [0.29, 0.717) is 22.9 Å². The van der Waals surface area contributed by atoms with Gasteiger partial charge in [-0.15, -0.1) is 0 Å². The summed E-state index contributed by atoms with van der Waals surface area (Å²) in [5, 5.41) is 0. The average molecular weight is 294 g/mol. The van der Waals surface area contributed by atoms with Gasteiger partial charge in [-0.05, 0) is 18.2 Å². The molecular weight excluding hydrogens is 282 g/mol. The number of anilines is 2. The zero-order chi connectivity index (χ0) is 12.4. The van der Waals surface area contributed by atoms with Gasteiger partial charge in [0.2, 0.25) is 5.88 Å². The molecule has 0 aliphatic heterocycles. The zero-order valence-corrected chi connectivity index (χ0v) is 10.9. The molecule has 0 saturated carbocycles. The van der Waals surface area contributed by atoms with Crippen LogP contribution in [0.25, 0.3) is 11.3 Å². The van der Waals surface area contributed by atoms with E-state index in [0.717, 1.165) is 10.0 Å². The van der Waals surface area contributed by atoms with Gasteiger partial charge >= 0.3 is 0 Å². The van der Waals surface area contributed by atoms with Gasteiger partial charge in [-0.2, -0.15) is 0 Å². The number of nitrogens with two attached hydrogens (primary N) is 2. The molecule has 1 heterocycles. The number of ether oxygens (including phenoxy) is 1. The lowest BCUT2D eigenvalue weighted by Gasteiger charge is -2.10. The lowest BCUT2D eigenvalue weighted by molar-refractivity contribution is 0.401.